The fourth-order valence-corrected chi connectivity index (χ4v) is 9.36. The summed E-state index contributed by atoms with van der Waals surface area (Å²) >= 11 is 6.18. The average Bonchev–Trinajstić information content (AvgIpc) is 3.11. The number of hydrogen-bond acceptors (Lipinski definition) is 6. The molecule has 5 rings (SSSR count). The third-order valence-electron chi connectivity index (χ3n) is 9.70. The van der Waals surface area contributed by atoms with Gasteiger partial charge in [0.2, 0.25) is 15.9 Å². The largest absolute Gasteiger partial charge is 0.444 e. The molecule has 2 bridgehead atoms. The smallest absolute Gasteiger partial charge is 0.410 e. The number of fused-ring (bicyclic) bond motifs is 2. The predicted molar refractivity (Wildman–Crippen MR) is 185 cm³/mol. The first-order valence-electron chi connectivity index (χ1n) is 17.0. The van der Waals surface area contributed by atoms with Crippen LogP contribution in [0.4, 0.5) is 14.9 Å². The van der Waals surface area contributed by atoms with Crippen molar-refractivity contribution < 1.29 is 31.9 Å². The molecule has 3 saturated heterocycles. The number of halogens is 2. The van der Waals surface area contributed by atoms with Crippen LogP contribution in [0.5, 0.6) is 0 Å². The molecule has 2 aromatic carbocycles. The van der Waals surface area contributed by atoms with E-state index in [1.165, 1.54) is 10.4 Å². The molecule has 0 aromatic heterocycles. The molecule has 0 spiro atoms. The van der Waals surface area contributed by atoms with Crippen molar-refractivity contribution in [3.8, 4) is 0 Å². The zero-order chi connectivity index (χ0) is 34.9. The number of rotatable bonds is 8. The number of carbonyl (C=O) groups is 2. The van der Waals surface area contributed by atoms with Crippen LogP contribution < -0.4 is 5.32 Å². The molecular formula is C36H49ClFN3O6S. The van der Waals surface area contributed by atoms with Gasteiger partial charge in [0.15, 0.2) is 0 Å². The molecule has 2 aromatic rings. The minimum absolute atomic E-state index is 0.00223. The van der Waals surface area contributed by atoms with Crippen molar-refractivity contribution in [2.45, 2.75) is 109 Å². The Labute approximate surface area is 289 Å². The van der Waals surface area contributed by atoms with E-state index in [0.29, 0.717) is 35.7 Å². The normalized spacial score (nSPS) is 25.9. The lowest BCUT2D eigenvalue weighted by Crippen LogP contribution is -2.60. The Hall–Kier alpha value is -2.73. The number of benzene rings is 2. The van der Waals surface area contributed by atoms with Crippen LogP contribution in [0, 0.1) is 11.7 Å². The summed E-state index contributed by atoms with van der Waals surface area (Å²) in [6.07, 6.45) is 2.77. The van der Waals surface area contributed by atoms with Crippen molar-refractivity contribution in [2.75, 3.05) is 30.8 Å². The number of piperazine rings is 1. The highest BCUT2D eigenvalue weighted by molar-refractivity contribution is 7.89. The molecule has 3 unspecified atom stereocenters. The van der Waals surface area contributed by atoms with Gasteiger partial charge in [0.25, 0.3) is 0 Å². The molecule has 3 aliphatic rings. The zero-order valence-corrected chi connectivity index (χ0v) is 30.2. The third kappa shape index (κ3) is 9.08. The van der Waals surface area contributed by atoms with Gasteiger partial charge in [0.1, 0.15) is 11.4 Å². The van der Waals surface area contributed by atoms with Gasteiger partial charge in [-0.05, 0) is 115 Å². The van der Waals surface area contributed by atoms with Gasteiger partial charge in [0, 0.05) is 54.5 Å². The van der Waals surface area contributed by atoms with E-state index >= 15 is 4.39 Å². The van der Waals surface area contributed by atoms with E-state index in [4.69, 9.17) is 21.1 Å². The van der Waals surface area contributed by atoms with Crippen molar-refractivity contribution in [3.63, 3.8) is 0 Å². The number of nitrogens with one attached hydrogen (secondary N) is 1. The van der Waals surface area contributed by atoms with Crippen molar-refractivity contribution in [2.24, 2.45) is 5.92 Å². The molecule has 3 fully saturated rings. The van der Waals surface area contributed by atoms with Crippen LogP contribution in [-0.4, -0.2) is 78.4 Å². The molecule has 9 nitrogen and oxygen atoms in total. The molecule has 0 saturated carbocycles. The van der Waals surface area contributed by atoms with E-state index in [1.807, 2.05) is 24.3 Å². The van der Waals surface area contributed by atoms with Crippen molar-refractivity contribution >= 4 is 39.3 Å². The number of hydrogen-bond donors (Lipinski definition) is 1. The summed E-state index contributed by atoms with van der Waals surface area (Å²) in [5.41, 5.74) is 0.672. The summed E-state index contributed by atoms with van der Waals surface area (Å²) in [6.45, 7) is 10.5. The Kier molecular flexibility index (Phi) is 11.1. The highest BCUT2D eigenvalue weighted by atomic mass is 35.5. The summed E-state index contributed by atoms with van der Waals surface area (Å²) in [6, 6.07) is 11.3. The summed E-state index contributed by atoms with van der Waals surface area (Å²) in [5.74, 6) is -0.610. The molecule has 0 radical (unpaired) electrons. The second-order valence-corrected chi connectivity index (χ2v) is 17.5. The van der Waals surface area contributed by atoms with E-state index in [-0.39, 0.29) is 67.5 Å². The summed E-state index contributed by atoms with van der Waals surface area (Å²) in [5, 5.41) is 3.60. The highest BCUT2D eigenvalue weighted by Crippen LogP contribution is 2.41. The van der Waals surface area contributed by atoms with Gasteiger partial charge >= 0.3 is 6.09 Å². The zero-order valence-electron chi connectivity index (χ0n) is 28.6. The number of amides is 2. The molecule has 0 aliphatic carbocycles. The maximum atomic E-state index is 15.5. The Bertz CT molecular complexity index is 1580. The van der Waals surface area contributed by atoms with Gasteiger partial charge < -0.3 is 19.7 Å². The number of nitrogens with zero attached hydrogens (tertiary/aromatic N) is 2. The number of ether oxygens (including phenoxy) is 2. The van der Waals surface area contributed by atoms with E-state index in [2.05, 4.69) is 19.2 Å². The van der Waals surface area contributed by atoms with Crippen LogP contribution in [0.3, 0.4) is 0 Å². The van der Waals surface area contributed by atoms with Gasteiger partial charge in [0.05, 0.1) is 11.4 Å². The van der Waals surface area contributed by atoms with E-state index in [9.17, 15) is 18.0 Å². The Morgan fingerprint density at radius 2 is 1.85 bits per heavy atom. The summed E-state index contributed by atoms with van der Waals surface area (Å²) < 4.78 is 55.1. The fraction of sp³-hybridized carbons (Fsp3) is 0.611. The average molecular weight is 706 g/mol. The quantitative estimate of drug-likeness (QED) is 0.313. The fourth-order valence-electron chi connectivity index (χ4n) is 7.44. The topological polar surface area (TPSA) is 105 Å². The van der Waals surface area contributed by atoms with Crippen LogP contribution in [0.1, 0.15) is 90.2 Å². The van der Waals surface area contributed by atoms with Crippen LogP contribution in [0.2, 0.25) is 5.02 Å². The number of anilines is 1. The van der Waals surface area contributed by atoms with Gasteiger partial charge in [-0.2, -0.15) is 4.31 Å². The van der Waals surface area contributed by atoms with Crippen molar-refractivity contribution in [3.05, 3.63) is 64.4 Å². The van der Waals surface area contributed by atoms with Crippen LogP contribution >= 0.6 is 11.6 Å². The Morgan fingerprint density at radius 1 is 1.12 bits per heavy atom. The molecular weight excluding hydrogens is 657 g/mol. The van der Waals surface area contributed by atoms with E-state index in [1.54, 1.807) is 37.8 Å². The number of carbonyl (C=O) groups excluding carboxylic acids is 2. The minimum atomic E-state index is -3.56. The SMILES string of the molecule is CC(C)(C)OC(=O)N1CC(CCc2c(F)cccc2NC(=O)C[C@@H](c2ccc(Cl)cc2)C2CCOC(C)(C)C2)N2C[C@H]1CCCS2(=O)=O. The lowest BCUT2D eigenvalue weighted by Gasteiger charge is -2.44. The van der Waals surface area contributed by atoms with Gasteiger partial charge in [-0.15, -0.1) is 0 Å². The van der Waals surface area contributed by atoms with Crippen LogP contribution in [0.15, 0.2) is 42.5 Å². The molecule has 5 atom stereocenters. The molecule has 48 heavy (non-hydrogen) atoms. The number of sulfonamides is 1. The highest BCUT2D eigenvalue weighted by Gasteiger charge is 2.44. The first kappa shape index (κ1) is 36.5. The van der Waals surface area contributed by atoms with Crippen molar-refractivity contribution in [1.29, 1.82) is 0 Å². The van der Waals surface area contributed by atoms with Crippen LogP contribution in [0.25, 0.3) is 0 Å². The standard InChI is InChI=1S/C36H49ClFN3O6S/c1-35(2,3)47-34(43)40-22-28(41-23-27(40)8-7-19-48(41,44)45)15-16-29-31(38)9-6-10-32(29)39-33(42)20-30(24-11-13-26(37)14-12-24)25-17-18-46-36(4,5)21-25/h6,9-14,25,27-28,30H,7-8,15-23H2,1-5H3,(H,39,42)/t25?,27-,28?,30+/m1/s1. The second-order valence-electron chi connectivity index (χ2n) is 15.0. The monoisotopic (exact) mass is 705 g/mol. The van der Waals surface area contributed by atoms with E-state index in [0.717, 1.165) is 18.4 Å². The molecule has 3 aliphatic heterocycles. The molecule has 2 amide bonds. The lowest BCUT2D eigenvalue weighted by molar-refractivity contribution is -0.118. The van der Waals surface area contributed by atoms with Gasteiger partial charge in [-0.3, -0.25) is 4.79 Å². The van der Waals surface area contributed by atoms with Crippen LogP contribution in [-0.2, 0) is 30.7 Å². The molecule has 1 N–H and O–H groups in total. The van der Waals surface area contributed by atoms with Gasteiger partial charge in [-0.25, -0.2) is 17.6 Å². The molecule has 264 valence electrons. The van der Waals surface area contributed by atoms with E-state index < -0.39 is 33.6 Å². The van der Waals surface area contributed by atoms with Gasteiger partial charge in [-0.1, -0.05) is 29.8 Å². The minimum Gasteiger partial charge on any atom is -0.444 e. The predicted octanol–water partition coefficient (Wildman–Crippen LogP) is 7.14. The summed E-state index contributed by atoms with van der Waals surface area (Å²) in [4.78, 5) is 28.6. The first-order valence-corrected chi connectivity index (χ1v) is 19.0. The third-order valence-corrected chi connectivity index (χ3v) is 11.9. The maximum absolute atomic E-state index is 15.5. The maximum Gasteiger partial charge on any atom is 0.410 e. The Balaban J connectivity index is 1.34. The molecule has 3 heterocycles. The Morgan fingerprint density at radius 3 is 2.54 bits per heavy atom. The summed E-state index contributed by atoms with van der Waals surface area (Å²) in [7, 11) is -3.56. The lowest BCUT2D eigenvalue weighted by atomic mass is 9.75. The first-order chi connectivity index (χ1) is 22.5. The molecule has 12 heteroatoms. The second kappa shape index (κ2) is 14.6. The van der Waals surface area contributed by atoms with Crippen molar-refractivity contribution in [1.82, 2.24) is 9.21 Å².